The quantitative estimate of drug-likeness (QED) is 0.834. The first-order valence-corrected chi connectivity index (χ1v) is 10.3. The molecule has 0 saturated heterocycles. The molecule has 4 bridgehead atoms. The molecule has 29 heavy (non-hydrogen) atoms. The highest BCUT2D eigenvalue weighted by Gasteiger charge is 2.58. The Hall–Kier alpha value is -2.83. The van der Waals surface area contributed by atoms with E-state index in [2.05, 4.69) is 25.6 Å². The normalized spacial score (nSPS) is 32.0. The minimum atomic E-state index is -0.278. The maximum absolute atomic E-state index is 13.0. The molecule has 2 N–H and O–H groups in total. The zero-order valence-corrected chi connectivity index (χ0v) is 16.5. The summed E-state index contributed by atoms with van der Waals surface area (Å²) in [7, 11) is 0. The van der Waals surface area contributed by atoms with Crippen LogP contribution in [0.5, 0.6) is 0 Å². The largest absolute Gasteiger partial charge is 0.345 e. The Morgan fingerprint density at radius 3 is 2.21 bits per heavy atom. The fourth-order valence-electron chi connectivity index (χ4n) is 6.26. The summed E-state index contributed by atoms with van der Waals surface area (Å²) in [6.07, 6.45) is 8.83. The van der Waals surface area contributed by atoms with Gasteiger partial charge in [0.1, 0.15) is 17.7 Å². The minimum absolute atomic E-state index is 0.118. The molecule has 2 aromatic rings. The van der Waals surface area contributed by atoms with Crippen molar-refractivity contribution in [3.63, 3.8) is 0 Å². The van der Waals surface area contributed by atoms with Crippen molar-refractivity contribution in [3.05, 3.63) is 53.9 Å². The van der Waals surface area contributed by atoms with E-state index < -0.39 is 0 Å². The summed E-state index contributed by atoms with van der Waals surface area (Å²) in [5.74, 6) is 0.768. The number of hydrogen-bond acceptors (Lipinski definition) is 5. The van der Waals surface area contributed by atoms with Crippen molar-refractivity contribution in [2.45, 2.75) is 56.5 Å². The predicted octanol–water partition coefficient (Wildman–Crippen LogP) is 2.43. The van der Waals surface area contributed by atoms with Gasteiger partial charge in [-0.1, -0.05) is 6.07 Å². The number of pyridine rings is 1. The second-order valence-electron chi connectivity index (χ2n) is 9.19. The van der Waals surface area contributed by atoms with E-state index in [-0.39, 0.29) is 22.9 Å². The molecule has 0 spiro atoms. The SMILES string of the molecule is Cc1cccc(C(=O)NC23CC4CC(CC(NC(=O)c5ccncn5)(C4)C2)C3)n1. The molecule has 6 rings (SSSR count). The average molecular weight is 391 g/mol. The Labute approximate surface area is 169 Å². The lowest BCUT2D eigenvalue weighted by molar-refractivity contribution is -0.0449. The summed E-state index contributed by atoms with van der Waals surface area (Å²) in [5, 5.41) is 6.62. The van der Waals surface area contributed by atoms with Gasteiger partial charge in [0.15, 0.2) is 0 Å². The van der Waals surface area contributed by atoms with Crippen LogP contribution in [0.25, 0.3) is 0 Å². The van der Waals surface area contributed by atoms with Crippen LogP contribution in [-0.4, -0.2) is 37.8 Å². The van der Waals surface area contributed by atoms with Gasteiger partial charge in [-0.3, -0.25) is 9.59 Å². The number of hydrogen-bond donors (Lipinski definition) is 2. The average Bonchev–Trinajstić information content (AvgIpc) is 2.67. The van der Waals surface area contributed by atoms with E-state index in [4.69, 9.17) is 0 Å². The Morgan fingerprint density at radius 2 is 1.62 bits per heavy atom. The lowest BCUT2D eigenvalue weighted by Crippen LogP contribution is -2.70. The van der Waals surface area contributed by atoms with Crippen molar-refractivity contribution < 1.29 is 9.59 Å². The molecule has 150 valence electrons. The van der Waals surface area contributed by atoms with Crippen molar-refractivity contribution in [2.24, 2.45) is 11.8 Å². The molecule has 4 aliphatic rings. The van der Waals surface area contributed by atoms with Gasteiger partial charge in [-0.2, -0.15) is 0 Å². The van der Waals surface area contributed by atoms with Crippen LogP contribution in [0.15, 0.2) is 36.8 Å². The monoisotopic (exact) mass is 391 g/mol. The molecule has 2 unspecified atom stereocenters. The molecule has 4 aliphatic carbocycles. The maximum atomic E-state index is 13.0. The first kappa shape index (κ1) is 18.2. The highest BCUT2D eigenvalue weighted by molar-refractivity contribution is 5.93. The fourth-order valence-corrected chi connectivity index (χ4v) is 6.26. The lowest BCUT2D eigenvalue weighted by Gasteiger charge is -2.62. The van der Waals surface area contributed by atoms with Crippen molar-refractivity contribution in [1.29, 1.82) is 0 Å². The Kier molecular flexibility index (Phi) is 4.15. The number of nitrogens with one attached hydrogen (secondary N) is 2. The highest BCUT2D eigenvalue weighted by Crippen LogP contribution is 2.57. The van der Waals surface area contributed by atoms with Gasteiger partial charge in [0.2, 0.25) is 0 Å². The van der Waals surface area contributed by atoms with Gasteiger partial charge in [0, 0.05) is 23.0 Å². The van der Waals surface area contributed by atoms with E-state index in [9.17, 15) is 9.59 Å². The van der Waals surface area contributed by atoms with Gasteiger partial charge in [0.05, 0.1) is 0 Å². The van der Waals surface area contributed by atoms with Crippen molar-refractivity contribution >= 4 is 11.8 Å². The topological polar surface area (TPSA) is 96.9 Å². The summed E-state index contributed by atoms with van der Waals surface area (Å²) in [4.78, 5) is 38.1. The van der Waals surface area contributed by atoms with Gasteiger partial charge >= 0.3 is 0 Å². The molecule has 0 radical (unpaired) electrons. The Morgan fingerprint density at radius 1 is 0.966 bits per heavy atom. The van der Waals surface area contributed by atoms with E-state index in [1.807, 2.05) is 19.1 Å². The predicted molar refractivity (Wildman–Crippen MR) is 106 cm³/mol. The zero-order chi connectivity index (χ0) is 20.1. The molecule has 0 aromatic carbocycles. The van der Waals surface area contributed by atoms with E-state index in [1.165, 1.54) is 12.7 Å². The van der Waals surface area contributed by atoms with E-state index >= 15 is 0 Å². The zero-order valence-electron chi connectivity index (χ0n) is 16.5. The van der Waals surface area contributed by atoms with Gasteiger partial charge in [-0.25, -0.2) is 15.0 Å². The third kappa shape index (κ3) is 3.39. The number of aromatic nitrogens is 3. The van der Waals surface area contributed by atoms with Gasteiger partial charge < -0.3 is 10.6 Å². The summed E-state index contributed by atoms with van der Waals surface area (Å²) in [5.41, 5.74) is 1.12. The molecule has 4 fully saturated rings. The smallest absolute Gasteiger partial charge is 0.270 e. The molecular weight excluding hydrogens is 366 g/mol. The van der Waals surface area contributed by atoms with E-state index in [1.54, 1.807) is 18.3 Å². The van der Waals surface area contributed by atoms with Crippen LogP contribution >= 0.6 is 0 Å². The second kappa shape index (κ2) is 6.61. The van der Waals surface area contributed by atoms with Crippen LogP contribution in [0.4, 0.5) is 0 Å². The van der Waals surface area contributed by atoms with Crippen LogP contribution in [0.1, 0.15) is 65.2 Å². The summed E-state index contributed by atoms with van der Waals surface area (Å²) >= 11 is 0. The highest BCUT2D eigenvalue weighted by atomic mass is 16.2. The molecule has 2 amide bonds. The summed E-state index contributed by atoms with van der Waals surface area (Å²) < 4.78 is 0. The van der Waals surface area contributed by atoms with Gasteiger partial charge in [0.25, 0.3) is 11.8 Å². The first-order chi connectivity index (χ1) is 13.9. The molecule has 7 heteroatoms. The van der Waals surface area contributed by atoms with Crippen LogP contribution in [0, 0.1) is 18.8 Å². The maximum Gasteiger partial charge on any atom is 0.270 e. The number of carbonyl (C=O) groups excluding carboxylic acids is 2. The number of nitrogens with zero attached hydrogens (tertiary/aromatic N) is 3. The number of rotatable bonds is 4. The number of carbonyl (C=O) groups is 2. The standard InChI is InChI=1S/C22H25N5O2/c1-14-3-2-4-18(25-14)20(29)27-22-10-15-7-16(11-22)9-21(8-15,12-22)26-19(28)17-5-6-23-13-24-17/h2-6,13,15-16H,7-12H2,1H3,(H,26,28)(H,27,29). The molecular formula is C22H25N5O2. The molecule has 2 aromatic heterocycles. The van der Waals surface area contributed by atoms with Crippen LogP contribution in [-0.2, 0) is 0 Å². The fraction of sp³-hybridized carbons (Fsp3) is 0.500. The third-order valence-electron chi connectivity index (χ3n) is 6.75. The first-order valence-electron chi connectivity index (χ1n) is 10.3. The minimum Gasteiger partial charge on any atom is -0.345 e. The van der Waals surface area contributed by atoms with Gasteiger partial charge in [-0.05, 0) is 75.5 Å². The van der Waals surface area contributed by atoms with Crippen molar-refractivity contribution in [2.75, 3.05) is 0 Å². The van der Waals surface area contributed by atoms with E-state index in [0.717, 1.165) is 37.8 Å². The second-order valence-corrected chi connectivity index (χ2v) is 9.19. The molecule has 7 nitrogen and oxygen atoms in total. The van der Waals surface area contributed by atoms with Crippen molar-refractivity contribution in [3.8, 4) is 0 Å². The molecule has 4 saturated carbocycles. The summed E-state index contributed by atoms with van der Waals surface area (Å²) in [6, 6.07) is 7.14. The van der Waals surface area contributed by atoms with Gasteiger partial charge in [-0.15, -0.1) is 0 Å². The molecule has 2 heterocycles. The summed E-state index contributed by atoms with van der Waals surface area (Å²) in [6.45, 7) is 1.89. The molecule has 2 atom stereocenters. The molecule has 0 aliphatic heterocycles. The Balaban J connectivity index is 1.38. The lowest BCUT2D eigenvalue weighted by atomic mass is 9.49. The number of amides is 2. The number of aryl methyl sites for hydroxylation is 1. The third-order valence-corrected chi connectivity index (χ3v) is 6.75. The Bertz CT molecular complexity index is 947. The van der Waals surface area contributed by atoms with Crippen LogP contribution in [0.3, 0.4) is 0 Å². The van der Waals surface area contributed by atoms with E-state index in [0.29, 0.717) is 23.2 Å². The van der Waals surface area contributed by atoms with Crippen LogP contribution in [0.2, 0.25) is 0 Å². The van der Waals surface area contributed by atoms with Crippen LogP contribution < -0.4 is 10.6 Å². The van der Waals surface area contributed by atoms with Crippen molar-refractivity contribution in [1.82, 2.24) is 25.6 Å².